The Morgan fingerprint density at radius 2 is 1.78 bits per heavy atom. The van der Waals surface area contributed by atoms with Crippen LogP contribution < -0.4 is 10.1 Å². The van der Waals surface area contributed by atoms with E-state index in [1.54, 1.807) is 42.5 Å². The Morgan fingerprint density at radius 1 is 1.09 bits per heavy atom. The normalized spacial score (nSPS) is 14.6. The maximum atomic E-state index is 12.8. The van der Waals surface area contributed by atoms with Crippen molar-refractivity contribution in [3.63, 3.8) is 0 Å². The molecule has 2 aromatic carbocycles. The molecule has 0 atom stereocenters. The number of esters is 1. The van der Waals surface area contributed by atoms with Crippen LogP contribution in [0.15, 0.2) is 56.3 Å². The highest BCUT2D eigenvalue weighted by molar-refractivity contribution is 9.10. The van der Waals surface area contributed by atoms with Crippen LogP contribution >= 0.6 is 43.6 Å². The van der Waals surface area contributed by atoms with Gasteiger partial charge >= 0.3 is 5.97 Å². The van der Waals surface area contributed by atoms with Crippen LogP contribution in [0.1, 0.15) is 5.56 Å². The third-order valence-electron chi connectivity index (χ3n) is 4.13. The molecular weight excluding hydrogens is 568 g/mol. The van der Waals surface area contributed by atoms with Crippen LogP contribution in [-0.2, 0) is 19.1 Å². The molecule has 1 aliphatic rings. The predicted molar refractivity (Wildman–Crippen MR) is 127 cm³/mol. The Kier molecular flexibility index (Phi) is 8.10. The number of ether oxygens (including phenoxy) is 2. The van der Waals surface area contributed by atoms with Gasteiger partial charge in [0, 0.05) is 20.2 Å². The standard InChI is InChI=1S/C21H16Br2N2O6S/c1-30-19(27)11-31-16-7-4-14(23)8-12(16)9-17-20(28)25(21(29)32-17)10-18(26)24-15-5-2-13(22)3-6-15/h2-9H,10-11H2,1H3,(H,24,26)/b17-9+. The smallest absolute Gasteiger partial charge is 0.343 e. The van der Waals surface area contributed by atoms with E-state index in [4.69, 9.17) is 4.74 Å². The minimum absolute atomic E-state index is 0.132. The Morgan fingerprint density at radius 3 is 2.47 bits per heavy atom. The largest absolute Gasteiger partial charge is 0.481 e. The Labute approximate surface area is 204 Å². The van der Waals surface area contributed by atoms with Gasteiger partial charge in [0.05, 0.1) is 12.0 Å². The molecule has 3 rings (SSSR count). The number of thioether (sulfide) groups is 1. The van der Waals surface area contributed by atoms with Crippen LogP contribution in [-0.4, -0.2) is 48.2 Å². The topological polar surface area (TPSA) is 102 Å². The zero-order valence-electron chi connectivity index (χ0n) is 16.6. The molecule has 11 heteroatoms. The van der Waals surface area contributed by atoms with Gasteiger partial charge in [-0.1, -0.05) is 31.9 Å². The molecule has 0 aliphatic carbocycles. The number of carbonyl (C=O) groups excluding carboxylic acids is 4. The monoisotopic (exact) mass is 582 g/mol. The van der Waals surface area contributed by atoms with Crippen LogP contribution in [0.3, 0.4) is 0 Å². The molecule has 1 aliphatic heterocycles. The van der Waals surface area contributed by atoms with Gasteiger partial charge in [-0.2, -0.15) is 0 Å². The Bertz CT molecular complexity index is 1100. The number of nitrogens with one attached hydrogen (secondary N) is 1. The number of imide groups is 1. The molecular formula is C21H16Br2N2O6S. The van der Waals surface area contributed by atoms with Gasteiger partial charge in [0.2, 0.25) is 5.91 Å². The van der Waals surface area contributed by atoms with E-state index in [1.807, 2.05) is 0 Å². The van der Waals surface area contributed by atoms with Crippen LogP contribution in [0.4, 0.5) is 10.5 Å². The molecule has 0 saturated carbocycles. The van der Waals surface area contributed by atoms with E-state index in [0.717, 1.165) is 21.1 Å². The van der Waals surface area contributed by atoms with Crippen LogP contribution in [0, 0.1) is 0 Å². The fourth-order valence-electron chi connectivity index (χ4n) is 2.61. The number of nitrogens with zero attached hydrogens (tertiary/aromatic N) is 1. The number of halogens is 2. The van der Waals surface area contributed by atoms with Crippen molar-refractivity contribution in [3.05, 3.63) is 61.9 Å². The minimum atomic E-state index is -0.593. The molecule has 32 heavy (non-hydrogen) atoms. The zero-order chi connectivity index (χ0) is 23.3. The summed E-state index contributed by atoms with van der Waals surface area (Å²) in [6.07, 6.45) is 1.48. The van der Waals surface area contributed by atoms with E-state index >= 15 is 0 Å². The van der Waals surface area contributed by atoms with Gasteiger partial charge in [-0.3, -0.25) is 19.3 Å². The van der Waals surface area contributed by atoms with Gasteiger partial charge in [0.15, 0.2) is 6.61 Å². The summed E-state index contributed by atoms with van der Waals surface area (Å²) >= 11 is 7.37. The molecule has 1 saturated heterocycles. The molecule has 0 radical (unpaired) electrons. The molecule has 8 nitrogen and oxygen atoms in total. The van der Waals surface area contributed by atoms with E-state index in [9.17, 15) is 19.2 Å². The maximum Gasteiger partial charge on any atom is 0.343 e. The van der Waals surface area contributed by atoms with Crippen molar-refractivity contribution in [1.82, 2.24) is 4.90 Å². The number of benzene rings is 2. The third-order valence-corrected chi connectivity index (χ3v) is 6.06. The van der Waals surface area contributed by atoms with Crippen LogP contribution in [0.25, 0.3) is 6.08 Å². The highest BCUT2D eigenvalue weighted by Gasteiger charge is 2.36. The second-order valence-electron chi connectivity index (χ2n) is 6.37. The van der Waals surface area contributed by atoms with E-state index < -0.39 is 29.6 Å². The average molecular weight is 584 g/mol. The highest BCUT2D eigenvalue weighted by atomic mass is 79.9. The Hall–Kier alpha value is -2.63. The van der Waals surface area contributed by atoms with Gasteiger partial charge in [0.1, 0.15) is 12.3 Å². The number of methoxy groups -OCH3 is 1. The van der Waals surface area contributed by atoms with Crippen molar-refractivity contribution in [2.24, 2.45) is 0 Å². The molecule has 0 aromatic heterocycles. The van der Waals surface area contributed by atoms with Gasteiger partial charge < -0.3 is 14.8 Å². The molecule has 1 heterocycles. The summed E-state index contributed by atoms with van der Waals surface area (Å²) in [5.74, 6) is -1.32. The van der Waals surface area contributed by atoms with Crippen molar-refractivity contribution in [3.8, 4) is 5.75 Å². The second kappa shape index (κ2) is 10.8. The first-order chi connectivity index (χ1) is 15.3. The molecule has 0 unspecified atom stereocenters. The number of amides is 3. The molecule has 0 bridgehead atoms. The molecule has 2 aromatic rings. The van der Waals surface area contributed by atoms with Gasteiger partial charge in [-0.15, -0.1) is 0 Å². The van der Waals surface area contributed by atoms with Crippen molar-refractivity contribution in [2.45, 2.75) is 0 Å². The highest BCUT2D eigenvalue weighted by Crippen LogP contribution is 2.35. The lowest BCUT2D eigenvalue weighted by Crippen LogP contribution is -2.36. The van der Waals surface area contributed by atoms with E-state index in [-0.39, 0.29) is 11.5 Å². The van der Waals surface area contributed by atoms with Crippen molar-refractivity contribution in [1.29, 1.82) is 0 Å². The molecule has 1 N–H and O–H groups in total. The maximum absolute atomic E-state index is 12.8. The van der Waals surface area contributed by atoms with Crippen molar-refractivity contribution in [2.75, 3.05) is 25.6 Å². The van der Waals surface area contributed by atoms with Gasteiger partial charge in [-0.05, 0) is 60.3 Å². The number of carbonyl (C=O) groups is 4. The van der Waals surface area contributed by atoms with Crippen LogP contribution in [0.2, 0.25) is 0 Å². The first-order valence-corrected chi connectivity index (χ1v) is 11.5. The van der Waals surface area contributed by atoms with Crippen molar-refractivity contribution >= 4 is 78.4 Å². The third kappa shape index (κ3) is 6.21. The summed E-state index contributed by atoms with van der Waals surface area (Å²) in [6, 6.07) is 11.9. The number of rotatable bonds is 7. The zero-order valence-corrected chi connectivity index (χ0v) is 20.6. The lowest BCUT2D eigenvalue weighted by molar-refractivity contribution is -0.142. The number of hydrogen-bond acceptors (Lipinski definition) is 7. The second-order valence-corrected chi connectivity index (χ2v) is 9.19. The summed E-state index contributed by atoms with van der Waals surface area (Å²) in [5.41, 5.74) is 1.02. The minimum Gasteiger partial charge on any atom is -0.481 e. The summed E-state index contributed by atoms with van der Waals surface area (Å²) in [4.78, 5) is 49.8. The summed E-state index contributed by atoms with van der Waals surface area (Å²) < 4.78 is 11.6. The van der Waals surface area contributed by atoms with Gasteiger partial charge in [0.25, 0.3) is 11.1 Å². The number of anilines is 1. The molecule has 1 fully saturated rings. The SMILES string of the molecule is COC(=O)COc1ccc(Br)cc1/C=C1/SC(=O)N(CC(=O)Nc2ccc(Br)cc2)C1=O. The fraction of sp³-hybridized carbons (Fsp3) is 0.143. The first kappa shape index (κ1) is 24.0. The number of hydrogen-bond donors (Lipinski definition) is 1. The Balaban J connectivity index is 1.73. The van der Waals surface area contributed by atoms with E-state index in [2.05, 4.69) is 41.9 Å². The average Bonchev–Trinajstić information content (AvgIpc) is 3.02. The van der Waals surface area contributed by atoms with Crippen molar-refractivity contribution < 1.29 is 28.7 Å². The fourth-order valence-corrected chi connectivity index (χ4v) is 4.09. The lowest BCUT2D eigenvalue weighted by Gasteiger charge is -2.12. The molecule has 3 amide bonds. The quantitative estimate of drug-likeness (QED) is 0.380. The van der Waals surface area contributed by atoms with Crippen LogP contribution in [0.5, 0.6) is 5.75 Å². The van der Waals surface area contributed by atoms with E-state index in [0.29, 0.717) is 21.5 Å². The molecule has 0 spiro atoms. The molecule has 166 valence electrons. The summed E-state index contributed by atoms with van der Waals surface area (Å²) in [5, 5.41) is 2.09. The lowest BCUT2D eigenvalue weighted by atomic mass is 10.2. The summed E-state index contributed by atoms with van der Waals surface area (Å²) in [6.45, 7) is -0.723. The van der Waals surface area contributed by atoms with Gasteiger partial charge in [-0.25, -0.2) is 4.79 Å². The summed E-state index contributed by atoms with van der Waals surface area (Å²) in [7, 11) is 1.25. The first-order valence-electron chi connectivity index (χ1n) is 9.07. The predicted octanol–water partition coefficient (Wildman–Crippen LogP) is 4.44. The van der Waals surface area contributed by atoms with E-state index in [1.165, 1.54) is 13.2 Å².